The molecule has 31 heavy (non-hydrogen) atoms. The van der Waals surface area contributed by atoms with Gasteiger partial charge in [-0.25, -0.2) is 19.3 Å². The highest BCUT2D eigenvalue weighted by Gasteiger charge is 2.33. The molecule has 0 radical (unpaired) electrons. The fourth-order valence-corrected chi connectivity index (χ4v) is 4.03. The minimum Gasteiger partial charge on any atom is -0.443 e. The zero-order chi connectivity index (χ0) is 21.3. The Balaban J connectivity index is 0.00000272. The van der Waals surface area contributed by atoms with Crippen LogP contribution in [0.1, 0.15) is 19.8 Å². The van der Waals surface area contributed by atoms with Crippen LogP contribution >= 0.6 is 12.4 Å². The number of rotatable bonds is 4. The van der Waals surface area contributed by atoms with Crippen molar-refractivity contribution in [2.45, 2.75) is 31.9 Å². The number of fused-ring (bicyclic) bond motifs is 1. The second-order valence-electron chi connectivity index (χ2n) is 7.90. The van der Waals surface area contributed by atoms with Gasteiger partial charge in [0.2, 0.25) is 5.91 Å². The fraction of sp³-hybridized carbons (Fsp3) is 0.550. The SMILES string of the molecule is C[C@@H]1CCN(C(=O)CC#N)C[C@@H]1N(C)c1ncnc2c1ccn2C(=O)OC1CNC1.Cl. The lowest BCUT2D eigenvalue weighted by molar-refractivity contribution is -0.131. The Bertz CT molecular complexity index is 1000. The molecule has 0 aliphatic carbocycles. The lowest BCUT2D eigenvalue weighted by atomic mass is 9.92. The summed E-state index contributed by atoms with van der Waals surface area (Å²) >= 11 is 0. The quantitative estimate of drug-likeness (QED) is 0.747. The summed E-state index contributed by atoms with van der Waals surface area (Å²) in [5.41, 5.74) is 0.491. The van der Waals surface area contributed by atoms with Gasteiger partial charge in [-0.05, 0) is 18.4 Å². The molecule has 4 rings (SSSR count). The summed E-state index contributed by atoms with van der Waals surface area (Å²) in [5, 5.41) is 12.7. The van der Waals surface area contributed by atoms with E-state index in [1.165, 1.54) is 10.9 Å². The Labute approximate surface area is 186 Å². The molecule has 0 spiro atoms. The molecule has 1 N–H and O–H groups in total. The number of amides is 1. The average Bonchev–Trinajstić information content (AvgIpc) is 3.15. The summed E-state index contributed by atoms with van der Waals surface area (Å²) in [4.78, 5) is 37.3. The maximum Gasteiger partial charge on any atom is 0.420 e. The molecule has 2 saturated heterocycles. The molecule has 0 aromatic carbocycles. The average molecular weight is 448 g/mol. The Hall–Kier alpha value is -2.90. The smallest absolute Gasteiger partial charge is 0.420 e. The van der Waals surface area contributed by atoms with Crippen molar-refractivity contribution < 1.29 is 14.3 Å². The van der Waals surface area contributed by atoms with Crippen LogP contribution in [0.25, 0.3) is 11.0 Å². The van der Waals surface area contributed by atoms with Crippen molar-refractivity contribution in [3.8, 4) is 6.07 Å². The number of hydrogen-bond donors (Lipinski definition) is 1. The van der Waals surface area contributed by atoms with Gasteiger partial charge in [0.15, 0.2) is 5.65 Å². The third-order valence-electron chi connectivity index (χ3n) is 6.00. The number of likely N-dealkylation sites (tertiary alicyclic amines) is 1. The molecule has 2 aromatic heterocycles. The zero-order valence-electron chi connectivity index (χ0n) is 17.5. The number of nitriles is 1. The van der Waals surface area contributed by atoms with Crippen LogP contribution in [-0.2, 0) is 9.53 Å². The predicted octanol–water partition coefficient (Wildman–Crippen LogP) is 1.40. The van der Waals surface area contributed by atoms with Crippen LogP contribution in [0.3, 0.4) is 0 Å². The number of ether oxygens (including phenoxy) is 1. The highest BCUT2D eigenvalue weighted by Crippen LogP contribution is 2.29. The minimum atomic E-state index is -0.455. The molecular weight excluding hydrogens is 422 g/mol. The molecule has 0 bridgehead atoms. The highest BCUT2D eigenvalue weighted by atomic mass is 35.5. The molecule has 4 heterocycles. The number of hydrogen-bond acceptors (Lipinski definition) is 8. The summed E-state index contributed by atoms with van der Waals surface area (Å²) in [6, 6.07) is 3.79. The summed E-state index contributed by atoms with van der Waals surface area (Å²) < 4.78 is 6.86. The molecule has 0 saturated carbocycles. The van der Waals surface area contributed by atoms with Crippen LogP contribution in [0.5, 0.6) is 0 Å². The van der Waals surface area contributed by atoms with Crippen LogP contribution in [0, 0.1) is 17.2 Å². The third-order valence-corrected chi connectivity index (χ3v) is 6.00. The molecule has 2 aliphatic heterocycles. The van der Waals surface area contributed by atoms with Crippen molar-refractivity contribution in [1.82, 2.24) is 24.8 Å². The van der Waals surface area contributed by atoms with Crippen molar-refractivity contribution >= 4 is 41.3 Å². The highest BCUT2D eigenvalue weighted by molar-refractivity contribution is 5.93. The van der Waals surface area contributed by atoms with Gasteiger partial charge in [0, 0.05) is 39.4 Å². The first kappa shape index (κ1) is 22.8. The van der Waals surface area contributed by atoms with E-state index in [4.69, 9.17) is 10.00 Å². The fourth-order valence-electron chi connectivity index (χ4n) is 4.03. The Kier molecular flexibility index (Phi) is 6.97. The molecular formula is C20H26ClN7O3. The number of anilines is 1. The number of carbonyl (C=O) groups is 2. The molecule has 1 amide bonds. The Morgan fingerprint density at radius 2 is 2.16 bits per heavy atom. The van der Waals surface area contributed by atoms with E-state index < -0.39 is 6.09 Å². The monoisotopic (exact) mass is 447 g/mol. The number of piperidine rings is 1. The number of carbonyl (C=O) groups excluding carboxylic acids is 2. The van der Waals surface area contributed by atoms with Gasteiger partial charge in [-0.15, -0.1) is 12.4 Å². The van der Waals surface area contributed by atoms with Crippen molar-refractivity contribution in [2.24, 2.45) is 5.92 Å². The van der Waals surface area contributed by atoms with Crippen LogP contribution < -0.4 is 10.2 Å². The van der Waals surface area contributed by atoms with E-state index in [-0.39, 0.29) is 36.9 Å². The van der Waals surface area contributed by atoms with Crippen molar-refractivity contribution in [1.29, 1.82) is 5.26 Å². The largest absolute Gasteiger partial charge is 0.443 e. The summed E-state index contributed by atoms with van der Waals surface area (Å²) in [6.07, 6.45) is 3.27. The molecule has 10 nitrogen and oxygen atoms in total. The predicted molar refractivity (Wildman–Crippen MR) is 116 cm³/mol. The van der Waals surface area contributed by atoms with E-state index in [1.807, 2.05) is 24.1 Å². The maximum absolute atomic E-state index is 12.5. The van der Waals surface area contributed by atoms with E-state index in [0.717, 1.165) is 11.8 Å². The van der Waals surface area contributed by atoms with E-state index >= 15 is 0 Å². The first-order chi connectivity index (χ1) is 14.5. The molecule has 2 atom stereocenters. The standard InChI is InChI=1S/C20H25N7O3.ClH/c1-13-4-7-26(17(28)3-6-21)11-16(13)25(2)18-15-5-8-27(19(15)24-12-23-18)20(29)30-14-9-22-10-14;/h5,8,12-14,16,22H,3-4,7,9-11H2,1-2H3;1H/t13-,16+;/m1./s1. The lowest BCUT2D eigenvalue weighted by Crippen LogP contribution is -2.52. The van der Waals surface area contributed by atoms with E-state index in [1.54, 1.807) is 11.1 Å². The second kappa shape index (κ2) is 9.49. The molecule has 2 fully saturated rings. The molecule has 2 aliphatic rings. The van der Waals surface area contributed by atoms with Gasteiger partial charge in [-0.1, -0.05) is 6.92 Å². The number of halogens is 1. The maximum atomic E-state index is 12.5. The third kappa shape index (κ3) is 4.43. The second-order valence-corrected chi connectivity index (χ2v) is 7.90. The summed E-state index contributed by atoms with van der Waals surface area (Å²) in [5.74, 6) is 0.891. The van der Waals surface area contributed by atoms with Gasteiger partial charge in [0.05, 0.1) is 17.5 Å². The van der Waals surface area contributed by atoms with E-state index in [0.29, 0.717) is 43.6 Å². The minimum absolute atomic E-state index is 0. The van der Waals surface area contributed by atoms with Gasteiger partial charge < -0.3 is 19.9 Å². The topological polar surface area (TPSA) is 116 Å². The van der Waals surface area contributed by atoms with Crippen LogP contribution in [0.2, 0.25) is 0 Å². The first-order valence-corrected chi connectivity index (χ1v) is 10.1. The number of aromatic nitrogens is 3. The zero-order valence-corrected chi connectivity index (χ0v) is 18.3. The normalized spacial score (nSPS) is 21.0. The van der Waals surface area contributed by atoms with E-state index in [2.05, 4.69) is 22.2 Å². The van der Waals surface area contributed by atoms with Crippen molar-refractivity contribution in [3.63, 3.8) is 0 Å². The Morgan fingerprint density at radius 1 is 1.39 bits per heavy atom. The molecule has 11 heteroatoms. The van der Waals surface area contributed by atoms with Gasteiger partial charge in [0.1, 0.15) is 24.7 Å². The summed E-state index contributed by atoms with van der Waals surface area (Å²) in [7, 11) is 1.94. The number of nitrogens with one attached hydrogen (secondary N) is 1. The van der Waals surface area contributed by atoms with Crippen LogP contribution in [0.4, 0.5) is 10.6 Å². The summed E-state index contributed by atoms with van der Waals surface area (Å²) in [6.45, 7) is 4.66. The van der Waals surface area contributed by atoms with Crippen molar-refractivity contribution in [3.05, 3.63) is 18.6 Å². The number of nitrogens with zero attached hydrogens (tertiary/aromatic N) is 6. The van der Waals surface area contributed by atoms with Crippen LogP contribution in [-0.4, -0.2) is 76.8 Å². The van der Waals surface area contributed by atoms with Gasteiger partial charge >= 0.3 is 6.09 Å². The Morgan fingerprint density at radius 3 is 2.84 bits per heavy atom. The lowest BCUT2D eigenvalue weighted by Gasteiger charge is -2.42. The van der Waals surface area contributed by atoms with Gasteiger partial charge in [-0.3, -0.25) is 4.79 Å². The molecule has 166 valence electrons. The first-order valence-electron chi connectivity index (χ1n) is 10.1. The molecule has 2 aromatic rings. The van der Waals surface area contributed by atoms with E-state index in [9.17, 15) is 9.59 Å². The van der Waals surface area contributed by atoms with Crippen molar-refractivity contribution in [2.75, 3.05) is 38.1 Å². The van der Waals surface area contributed by atoms with Gasteiger partial charge in [-0.2, -0.15) is 5.26 Å². The van der Waals surface area contributed by atoms with Gasteiger partial charge in [0.25, 0.3) is 0 Å². The van der Waals surface area contributed by atoms with Crippen LogP contribution in [0.15, 0.2) is 18.6 Å². The number of likely N-dealkylation sites (N-methyl/N-ethyl adjacent to an activating group) is 1. The molecule has 0 unspecified atom stereocenters.